The summed E-state index contributed by atoms with van der Waals surface area (Å²) in [4.78, 5) is 9.07. The molecule has 4 aromatic rings. The van der Waals surface area contributed by atoms with Crippen LogP contribution >= 0.6 is 0 Å². The van der Waals surface area contributed by atoms with E-state index in [1.54, 1.807) is 0 Å². The van der Waals surface area contributed by atoms with E-state index in [4.69, 9.17) is 4.43 Å². The summed E-state index contributed by atoms with van der Waals surface area (Å²) >= 11 is 0. The second kappa shape index (κ2) is 7.58. The Morgan fingerprint density at radius 2 is 1.48 bits per heavy atom. The topological polar surface area (TPSA) is 39.4 Å². The van der Waals surface area contributed by atoms with Crippen molar-refractivity contribution in [1.82, 2.24) is 14.4 Å². The lowest BCUT2D eigenvalue weighted by atomic mass is 10.2. The molecule has 0 unspecified atom stereocenters. The highest BCUT2D eigenvalue weighted by Gasteiger charge is 2.50. The van der Waals surface area contributed by atoms with Crippen molar-refractivity contribution in [3.63, 3.8) is 0 Å². The molecule has 0 aliphatic heterocycles. The molecule has 0 radical (unpaired) electrons. The van der Waals surface area contributed by atoms with Crippen LogP contribution in [-0.2, 0) is 11.0 Å². The molecule has 5 heteroatoms. The van der Waals surface area contributed by atoms with Gasteiger partial charge in [-0.2, -0.15) is 0 Å². The first-order chi connectivity index (χ1) is 13.9. The minimum atomic E-state index is -2.56. The zero-order valence-electron chi connectivity index (χ0n) is 17.5. The summed E-state index contributed by atoms with van der Waals surface area (Å²) in [6, 6.07) is 21.4. The van der Waals surface area contributed by atoms with Gasteiger partial charge < -0.3 is 8.83 Å². The van der Waals surface area contributed by atoms with Crippen molar-refractivity contribution in [2.75, 3.05) is 0 Å². The highest BCUT2D eigenvalue weighted by molar-refractivity contribution is 6.99. The van der Waals surface area contributed by atoms with Gasteiger partial charge in [-0.05, 0) is 22.3 Å². The zero-order chi connectivity index (χ0) is 20.5. The number of benzene rings is 2. The largest absolute Gasteiger partial charge is 0.401 e. The van der Waals surface area contributed by atoms with E-state index in [1.165, 1.54) is 10.4 Å². The summed E-state index contributed by atoms with van der Waals surface area (Å²) in [5, 5.41) is 2.50. The molecule has 29 heavy (non-hydrogen) atoms. The average Bonchev–Trinajstić information content (AvgIpc) is 3.08. The Bertz CT molecular complexity index is 1060. The van der Waals surface area contributed by atoms with Gasteiger partial charge >= 0.3 is 0 Å². The van der Waals surface area contributed by atoms with Crippen LogP contribution in [0.5, 0.6) is 0 Å². The lowest BCUT2D eigenvalue weighted by Crippen LogP contribution is -2.66. The number of hydrogen-bond donors (Lipinski definition) is 0. The Morgan fingerprint density at radius 1 is 0.897 bits per heavy atom. The highest BCUT2D eigenvalue weighted by Crippen LogP contribution is 2.37. The molecule has 2 aromatic heterocycles. The van der Waals surface area contributed by atoms with Gasteiger partial charge in [-0.15, -0.1) is 0 Å². The highest BCUT2D eigenvalue weighted by atomic mass is 28.4. The number of fused-ring (bicyclic) bond motifs is 1. The quantitative estimate of drug-likeness (QED) is 0.472. The smallest absolute Gasteiger partial charge is 0.261 e. The fourth-order valence-electron chi connectivity index (χ4n) is 4.09. The summed E-state index contributed by atoms with van der Waals surface area (Å²) in [6.07, 6.45) is 5.85. The number of aromatic nitrogens is 3. The Morgan fingerprint density at radius 3 is 2.03 bits per heavy atom. The molecule has 0 atom stereocenters. The summed E-state index contributed by atoms with van der Waals surface area (Å²) in [5.41, 5.74) is 2.75. The van der Waals surface area contributed by atoms with Crippen LogP contribution in [-0.4, -0.2) is 22.7 Å². The van der Waals surface area contributed by atoms with E-state index in [9.17, 15) is 0 Å². The maximum absolute atomic E-state index is 6.95. The van der Waals surface area contributed by atoms with Crippen LogP contribution in [0.1, 0.15) is 32.2 Å². The predicted molar refractivity (Wildman–Crippen MR) is 120 cm³/mol. The first kappa shape index (κ1) is 19.5. The third-order valence-electron chi connectivity index (χ3n) is 5.37. The summed E-state index contributed by atoms with van der Waals surface area (Å²) in [6.45, 7) is 9.31. The molecular formula is C24H27N3OSi. The molecule has 0 aliphatic rings. The second-order valence-electron chi connectivity index (χ2n) is 8.48. The Kier molecular flexibility index (Phi) is 5.11. The molecule has 0 spiro atoms. The van der Waals surface area contributed by atoms with Crippen molar-refractivity contribution in [1.29, 1.82) is 0 Å². The molecule has 4 rings (SSSR count). The number of imidazole rings is 1. The fourth-order valence-corrected chi connectivity index (χ4v) is 8.61. The first-order valence-corrected chi connectivity index (χ1v) is 11.9. The molecule has 0 amide bonds. The fraction of sp³-hybridized carbons (Fsp3) is 0.250. The normalized spacial score (nSPS) is 12.4. The average molecular weight is 402 g/mol. The molecule has 2 heterocycles. The second-order valence-corrected chi connectivity index (χ2v) is 12.8. The Labute approximate surface area is 173 Å². The zero-order valence-corrected chi connectivity index (χ0v) is 18.5. The molecule has 4 nitrogen and oxygen atoms in total. The minimum Gasteiger partial charge on any atom is -0.401 e. The van der Waals surface area contributed by atoms with Crippen LogP contribution in [0.2, 0.25) is 5.04 Å². The monoisotopic (exact) mass is 401 g/mol. The Hall–Kier alpha value is -2.76. The third kappa shape index (κ3) is 3.63. The lowest BCUT2D eigenvalue weighted by Gasteiger charge is -2.43. The molecule has 0 aliphatic carbocycles. The molecule has 2 aromatic carbocycles. The summed E-state index contributed by atoms with van der Waals surface area (Å²) in [5.74, 6) is 0. The molecule has 0 N–H and O–H groups in total. The summed E-state index contributed by atoms with van der Waals surface area (Å²) < 4.78 is 8.97. The third-order valence-corrected chi connectivity index (χ3v) is 10.4. The van der Waals surface area contributed by atoms with Crippen LogP contribution in [0.4, 0.5) is 0 Å². The van der Waals surface area contributed by atoms with Crippen LogP contribution in [0.15, 0.2) is 79.3 Å². The van der Waals surface area contributed by atoms with E-state index in [0.717, 1.165) is 17.0 Å². The van der Waals surface area contributed by atoms with Gasteiger partial charge in [0.15, 0.2) is 5.65 Å². The van der Waals surface area contributed by atoms with Crippen LogP contribution in [0, 0.1) is 6.92 Å². The maximum atomic E-state index is 6.95. The maximum Gasteiger partial charge on any atom is 0.261 e. The van der Waals surface area contributed by atoms with E-state index in [0.29, 0.717) is 6.61 Å². The standard InChI is InChI=1S/C24H27N3OSi/c1-19-16-27-17-20(25-15-23(27)26-19)18-28-29(24(2,3)4,21-11-7-5-8-12-21)22-13-9-6-10-14-22/h5-17H,18H2,1-4H3. The van der Waals surface area contributed by atoms with Gasteiger partial charge in [-0.25, -0.2) is 4.98 Å². The number of aryl methyl sites for hydroxylation is 1. The van der Waals surface area contributed by atoms with Gasteiger partial charge in [0, 0.05) is 12.4 Å². The predicted octanol–water partition coefficient (Wildman–Crippen LogP) is 4.11. The van der Waals surface area contributed by atoms with E-state index >= 15 is 0 Å². The van der Waals surface area contributed by atoms with E-state index < -0.39 is 8.32 Å². The van der Waals surface area contributed by atoms with Crippen LogP contribution in [0.25, 0.3) is 5.65 Å². The van der Waals surface area contributed by atoms with Gasteiger partial charge in [-0.1, -0.05) is 81.4 Å². The molecule has 0 fully saturated rings. The van der Waals surface area contributed by atoms with Crippen LogP contribution < -0.4 is 10.4 Å². The van der Waals surface area contributed by atoms with E-state index in [-0.39, 0.29) is 5.04 Å². The molecule has 0 bridgehead atoms. The van der Waals surface area contributed by atoms with Crippen molar-refractivity contribution in [3.8, 4) is 0 Å². The van der Waals surface area contributed by atoms with E-state index in [2.05, 4.69) is 91.4 Å². The lowest BCUT2D eigenvalue weighted by molar-refractivity contribution is 0.281. The first-order valence-electron chi connectivity index (χ1n) is 9.95. The Balaban J connectivity index is 1.79. The number of rotatable bonds is 5. The van der Waals surface area contributed by atoms with Crippen molar-refractivity contribution in [2.45, 2.75) is 39.3 Å². The number of hydrogen-bond acceptors (Lipinski definition) is 3. The van der Waals surface area contributed by atoms with E-state index in [1.807, 2.05) is 29.9 Å². The van der Waals surface area contributed by atoms with Gasteiger partial charge in [0.25, 0.3) is 8.32 Å². The minimum absolute atomic E-state index is 0.0502. The molecular weight excluding hydrogens is 374 g/mol. The van der Waals surface area contributed by atoms with Gasteiger partial charge in [0.05, 0.1) is 24.2 Å². The van der Waals surface area contributed by atoms with Crippen molar-refractivity contribution < 1.29 is 4.43 Å². The SMILES string of the molecule is Cc1cn2cc(CO[Si](c3ccccc3)(c3ccccc3)C(C)(C)C)ncc2n1. The number of nitrogens with zero attached hydrogens (tertiary/aromatic N) is 3. The van der Waals surface area contributed by atoms with Gasteiger partial charge in [0.2, 0.25) is 0 Å². The van der Waals surface area contributed by atoms with Crippen molar-refractivity contribution in [2.24, 2.45) is 0 Å². The molecule has 148 valence electrons. The van der Waals surface area contributed by atoms with Gasteiger partial charge in [0.1, 0.15) is 0 Å². The summed E-state index contributed by atoms with van der Waals surface area (Å²) in [7, 11) is -2.56. The van der Waals surface area contributed by atoms with Gasteiger partial charge in [-0.3, -0.25) is 4.98 Å². The molecule has 0 saturated carbocycles. The molecule has 0 saturated heterocycles. The van der Waals surface area contributed by atoms with Crippen molar-refractivity contribution in [3.05, 3.63) is 90.6 Å². The van der Waals surface area contributed by atoms with Crippen LogP contribution in [0.3, 0.4) is 0 Å². The van der Waals surface area contributed by atoms with Crippen molar-refractivity contribution >= 4 is 24.3 Å².